The van der Waals surface area contributed by atoms with Gasteiger partial charge in [0.15, 0.2) is 5.65 Å². The van der Waals surface area contributed by atoms with E-state index in [1.165, 1.54) is 30.6 Å². The Balaban J connectivity index is 2.19. The van der Waals surface area contributed by atoms with Crippen molar-refractivity contribution in [2.45, 2.75) is 19.6 Å². The first kappa shape index (κ1) is 15.1. The van der Waals surface area contributed by atoms with E-state index in [9.17, 15) is 18.0 Å². The van der Waals surface area contributed by atoms with Gasteiger partial charge in [0.05, 0.1) is 23.5 Å². The molecule has 8 heteroatoms. The van der Waals surface area contributed by atoms with Crippen LogP contribution in [0.5, 0.6) is 0 Å². The van der Waals surface area contributed by atoms with Gasteiger partial charge < -0.3 is 0 Å². The average molecular weight is 320 g/mol. The number of rotatable bonds is 2. The predicted molar refractivity (Wildman–Crippen MR) is 76.9 cm³/mol. The predicted octanol–water partition coefficient (Wildman–Crippen LogP) is 2.56. The molecule has 3 rings (SSSR count). The van der Waals surface area contributed by atoms with Gasteiger partial charge in [-0.15, -0.1) is 0 Å². The number of hydrogen-bond acceptors (Lipinski definition) is 4. The van der Waals surface area contributed by atoms with E-state index in [1.54, 1.807) is 6.92 Å². The van der Waals surface area contributed by atoms with Crippen molar-refractivity contribution in [3.8, 4) is 0 Å². The van der Waals surface area contributed by atoms with Gasteiger partial charge in [0.2, 0.25) is 0 Å². The van der Waals surface area contributed by atoms with Crippen LogP contribution >= 0.6 is 0 Å². The van der Waals surface area contributed by atoms with Crippen molar-refractivity contribution < 1.29 is 13.2 Å². The number of alkyl halides is 3. The highest BCUT2D eigenvalue weighted by Gasteiger charge is 2.34. The molecule has 118 valence electrons. The van der Waals surface area contributed by atoms with Gasteiger partial charge >= 0.3 is 6.18 Å². The molecule has 0 amide bonds. The third-order valence-corrected chi connectivity index (χ3v) is 3.31. The molecular formula is C15H11F3N4O. The molecule has 0 fully saturated rings. The Morgan fingerprint density at radius 3 is 2.70 bits per heavy atom. The maximum absolute atomic E-state index is 13.1. The number of aromatic nitrogens is 4. The van der Waals surface area contributed by atoms with E-state index in [4.69, 9.17) is 0 Å². The Morgan fingerprint density at radius 2 is 1.96 bits per heavy atom. The Morgan fingerprint density at radius 1 is 1.17 bits per heavy atom. The van der Waals surface area contributed by atoms with Crippen molar-refractivity contribution in [2.24, 2.45) is 0 Å². The lowest BCUT2D eigenvalue weighted by atomic mass is 10.2. The minimum absolute atomic E-state index is 0.233. The number of nitrogens with zero attached hydrogens (tertiary/aromatic N) is 4. The van der Waals surface area contributed by atoms with Gasteiger partial charge in [-0.1, -0.05) is 0 Å². The number of pyridine rings is 2. The summed E-state index contributed by atoms with van der Waals surface area (Å²) in [4.78, 5) is 24.2. The van der Waals surface area contributed by atoms with Crippen LogP contribution in [0, 0.1) is 6.92 Å². The summed E-state index contributed by atoms with van der Waals surface area (Å²) < 4.78 is 40.4. The highest BCUT2D eigenvalue weighted by molar-refractivity contribution is 5.69. The fraction of sp³-hybridized carbons (Fsp3) is 0.200. The Labute approximate surface area is 128 Å². The Bertz CT molecular complexity index is 934. The molecule has 3 aromatic heterocycles. The second-order valence-electron chi connectivity index (χ2n) is 4.97. The van der Waals surface area contributed by atoms with E-state index in [0.29, 0.717) is 11.2 Å². The molecule has 0 aliphatic rings. The number of aryl methyl sites for hydroxylation is 1. The van der Waals surface area contributed by atoms with E-state index >= 15 is 0 Å². The molecule has 0 atom stereocenters. The highest BCUT2D eigenvalue weighted by Crippen LogP contribution is 2.31. The minimum atomic E-state index is -4.54. The minimum Gasteiger partial charge on any atom is -0.285 e. The molecule has 0 radical (unpaired) electrons. The molecule has 0 aromatic carbocycles. The summed E-state index contributed by atoms with van der Waals surface area (Å²) in [5, 5.41) is 0. The zero-order valence-electron chi connectivity index (χ0n) is 12.0. The lowest BCUT2D eigenvalue weighted by Crippen LogP contribution is -2.23. The van der Waals surface area contributed by atoms with Crippen molar-refractivity contribution in [3.63, 3.8) is 0 Å². The van der Waals surface area contributed by atoms with E-state index < -0.39 is 17.3 Å². The second kappa shape index (κ2) is 5.45. The average Bonchev–Trinajstić information content (AvgIpc) is 2.50. The van der Waals surface area contributed by atoms with Gasteiger partial charge in [-0.25, -0.2) is 4.98 Å². The summed E-state index contributed by atoms with van der Waals surface area (Å²) in [6.45, 7) is 1.36. The fourth-order valence-electron chi connectivity index (χ4n) is 2.26. The topological polar surface area (TPSA) is 60.7 Å². The Hall–Kier alpha value is -2.77. The van der Waals surface area contributed by atoms with Gasteiger partial charge in [-0.3, -0.25) is 19.3 Å². The van der Waals surface area contributed by atoms with E-state index in [1.807, 2.05) is 0 Å². The van der Waals surface area contributed by atoms with Gasteiger partial charge in [0.25, 0.3) is 5.56 Å². The standard InChI is InChI=1S/C15H11F3N4O/c1-9-7-20-11-4-5-13(23)22(14(11)21-9)8-12-10(15(16,17)18)3-2-6-19-12/h2-7H,8H2,1H3. The van der Waals surface area contributed by atoms with Crippen LogP contribution in [0.1, 0.15) is 17.0 Å². The first-order valence-electron chi connectivity index (χ1n) is 6.70. The Kier molecular flexibility index (Phi) is 3.59. The van der Waals surface area contributed by atoms with Crippen molar-refractivity contribution in [2.75, 3.05) is 0 Å². The lowest BCUT2D eigenvalue weighted by molar-refractivity contribution is -0.138. The zero-order valence-corrected chi connectivity index (χ0v) is 12.0. The molecule has 3 heterocycles. The van der Waals surface area contributed by atoms with Crippen LogP contribution in [-0.2, 0) is 12.7 Å². The monoisotopic (exact) mass is 320 g/mol. The summed E-state index contributed by atoms with van der Waals surface area (Å²) in [6.07, 6.45) is -1.75. The molecule has 23 heavy (non-hydrogen) atoms. The highest BCUT2D eigenvalue weighted by atomic mass is 19.4. The summed E-state index contributed by atoms with van der Waals surface area (Å²) in [5.41, 5.74) is -0.344. The first-order chi connectivity index (χ1) is 10.9. The van der Waals surface area contributed by atoms with Gasteiger partial charge in [0.1, 0.15) is 5.52 Å². The third-order valence-electron chi connectivity index (χ3n) is 3.31. The molecule has 0 spiro atoms. The van der Waals surface area contributed by atoms with Crippen molar-refractivity contribution >= 4 is 11.2 Å². The van der Waals surface area contributed by atoms with Crippen LogP contribution < -0.4 is 5.56 Å². The van der Waals surface area contributed by atoms with Gasteiger partial charge in [-0.2, -0.15) is 13.2 Å². The number of halogens is 3. The fourth-order valence-corrected chi connectivity index (χ4v) is 2.26. The van der Waals surface area contributed by atoms with Crippen molar-refractivity contribution in [3.05, 3.63) is 64.0 Å². The van der Waals surface area contributed by atoms with Gasteiger partial charge in [-0.05, 0) is 25.1 Å². The summed E-state index contributed by atoms with van der Waals surface area (Å²) in [5.74, 6) is 0. The van der Waals surface area contributed by atoms with Crippen LogP contribution in [0.25, 0.3) is 11.2 Å². The van der Waals surface area contributed by atoms with Crippen LogP contribution in [0.4, 0.5) is 13.2 Å². The van der Waals surface area contributed by atoms with Crippen molar-refractivity contribution in [1.82, 2.24) is 19.5 Å². The molecular weight excluding hydrogens is 309 g/mol. The van der Waals surface area contributed by atoms with E-state index in [0.717, 1.165) is 10.6 Å². The third kappa shape index (κ3) is 2.92. The summed E-state index contributed by atoms with van der Waals surface area (Å²) >= 11 is 0. The molecule has 0 unspecified atom stereocenters. The maximum Gasteiger partial charge on any atom is 0.418 e. The largest absolute Gasteiger partial charge is 0.418 e. The quantitative estimate of drug-likeness (QED) is 0.728. The van der Waals surface area contributed by atoms with E-state index in [2.05, 4.69) is 15.0 Å². The summed E-state index contributed by atoms with van der Waals surface area (Å²) in [7, 11) is 0. The molecule has 0 saturated heterocycles. The first-order valence-corrected chi connectivity index (χ1v) is 6.70. The molecule has 0 bridgehead atoms. The second-order valence-corrected chi connectivity index (χ2v) is 4.97. The summed E-state index contributed by atoms with van der Waals surface area (Å²) in [6, 6.07) is 4.89. The molecule has 0 aliphatic carbocycles. The van der Waals surface area contributed by atoms with Crippen LogP contribution in [0.2, 0.25) is 0 Å². The van der Waals surface area contributed by atoms with Crippen LogP contribution in [0.15, 0.2) is 41.5 Å². The molecule has 5 nitrogen and oxygen atoms in total. The van der Waals surface area contributed by atoms with Crippen molar-refractivity contribution in [1.29, 1.82) is 0 Å². The SMILES string of the molecule is Cc1cnc2ccc(=O)n(Cc3ncccc3C(F)(F)F)c2n1. The smallest absolute Gasteiger partial charge is 0.285 e. The molecule has 0 saturated carbocycles. The molecule has 0 N–H and O–H groups in total. The zero-order chi connectivity index (χ0) is 16.6. The lowest BCUT2D eigenvalue weighted by Gasteiger charge is -2.13. The van der Waals surface area contributed by atoms with Gasteiger partial charge in [0, 0.05) is 18.5 Å². The van der Waals surface area contributed by atoms with Crippen LogP contribution in [-0.4, -0.2) is 19.5 Å². The normalized spacial score (nSPS) is 11.8. The van der Waals surface area contributed by atoms with Crippen LogP contribution in [0.3, 0.4) is 0 Å². The molecule has 0 aliphatic heterocycles. The number of fused-ring (bicyclic) bond motifs is 1. The molecule has 3 aromatic rings. The van der Waals surface area contributed by atoms with E-state index in [-0.39, 0.29) is 17.9 Å². The number of hydrogen-bond donors (Lipinski definition) is 0. The maximum atomic E-state index is 13.1.